The van der Waals surface area contributed by atoms with Gasteiger partial charge < -0.3 is 5.11 Å². The Morgan fingerprint density at radius 3 is 2.50 bits per heavy atom. The van der Waals surface area contributed by atoms with Crippen LogP contribution in [0, 0.1) is 17.3 Å². The van der Waals surface area contributed by atoms with Crippen molar-refractivity contribution in [2.24, 2.45) is 17.3 Å². The van der Waals surface area contributed by atoms with Crippen LogP contribution in [0.15, 0.2) is 0 Å². The molecule has 0 aromatic rings. The van der Waals surface area contributed by atoms with Crippen molar-refractivity contribution in [1.82, 2.24) is 0 Å². The zero-order valence-electron chi connectivity index (χ0n) is 9.34. The third-order valence-corrected chi connectivity index (χ3v) is 3.34. The summed E-state index contributed by atoms with van der Waals surface area (Å²) < 4.78 is 0. The van der Waals surface area contributed by atoms with Crippen molar-refractivity contribution in [2.45, 2.75) is 46.5 Å². The second-order valence-corrected chi connectivity index (χ2v) is 5.15. The van der Waals surface area contributed by atoms with Crippen LogP contribution in [0.5, 0.6) is 0 Å². The Kier molecular flexibility index (Phi) is 4.99. The van der Waals surface area contributed by atoms with Crippen molar-refractivity contribution in [3.05, 3.63) is 0 Å². The molecule has 0 amide bonds. The fourth-order valence-electron chi connectivity index (χ4n) is 2.39. The Bertz CT molecular complexity index is 201. The van der Waals surface area contributed by atoms with Crippen LogP contribution in [0.2, 0.25) is 0 Å². The second-order valence-electron chi connectivity index (χ2n) is 5.15. The topological polar surface area (TPSA) is 37.3 Å². The van der Waals surface area contributed by atoms with Gasteiger partial charge in [0.25, 0.3) is 0 Å². The summed E-state index contributed by atoms with van der Waals surface area (Å²) in [6.07, 6.45) is 4.60. The molecule has 0 aromatic carbocycles. The molecular formula is C11H22O2S. The molecule has 1 N–H and O–H groups in total. The molecule has 0 saturated heterocycles. The van der Waals surface area contributed by atoms with Gasteiger partial charge in [-0.3, -0.25) is 4.79 Å². The summed E-state index contributed by atoms with van der Waals surface area (Å²) in [5.41, 5.74) is 0.354. The summed E-state index contributed by atoms with van der Waals surface area (Å²) in [7, 11) is 0. The van der Waals surface area contributed by atoms with Gasteiger partial charge >= 0.3 is 5.97 Å². The number of carbonyl (C=O) groups is 1. The van der Waals surface area contributed by atoms with Crippen LogP contribution in [0.3, 0.4) is 0 Å². The van der Waals surface area contributed by atoms with E-state index in [4.69, 9.17) is 5.11 Å². The molecule has 0 radical (unpaired) electrons. The lowest BCUT2D eigenvalue weighted by Crippen LogP contribution is -2.30. The number of rotatable bonds is 2. The number of aliphatic carboxylic acids is 1. The van der Waals surface area contributed by atoms with Gasteiger partial charge in [-0.1, -0.05) is 27.2 Å². The van der Waals surface area contributed by atoms with Crippen LogP contribution in [-0.4, -0.2) is 11.1 Å². The first-order valence-corrected chi connectivity index (χ1v) is 5.15. The fourth-order valence-corrected chi connectivity index (χ4v) is 2.39. The van der Waals surface area contributed by atoms with Crippen LogP contribution in [0.1, 0.15) is 46.5 Å². The first-order chi connectivity index (χ1) is 5.92. The molecule has 84 valence electrons. The molecule has 1 saturated carbocycles. The molecular weight excluding hydrogens is 196 g/mol. The first-order valence-electron chi connectivity index (χ1n) is 5.15. The highest BCUT2D eigenvalue weighted by molar-refractivity contribution is 7.59. The lowest BCUT2D eigenvalue weighted by Gasteiger charge is -2.36. The summed E-state index contributed by atoms with van der Waals surface area (Å²) >= 11 is 0. The summed E-state index contributed by atoms with van der Waals surface area (Å²) in [4.78, 5) is 10.8. The van der Waals surface area contributed by atoms with E-state index >= 15 is 0 Å². The smallest absolute Gasteiger partial charge is 0.306 e. The van der Waals surface area contributed by atoms with E-state index in [-0.39, 0.29) is 19.4 Å². The second kappa shape index (κ2) is 5.06. The lowest BCUT2D eigenvalue weighted by atomic mass is 9.68. The molecule has 1 aliphatic rings. The summed E-state index contributed by atoms with van der Waals surface area (Å²) in [6, 6.07) is 0. The van der Waals surface area contributed by atoms with Gasteiger partial charge in [0, 0.05) is 0 Å². The molecule has 2 nitrogen and oxygen atoms in total. The first kappa shape index (κ1) is 13.8. The molecule has 0 aromatic heterocycles. The number of hydrogen-bond acceptors (Lipinski definition) is 1. The monoisotopic (exact) mass is 218 g/mol. The van der Waals surface area contributed by atoms with Crippen molar-refractivity contribution in [1.29, 1.82) is 0 Å². The molecule has 14 heavy (non-hydrogen) atoms. The van der Waals surface area contributed by atoms with Crippen LogP contribution < -0.4 is 0 Å². The lowest BCUT2D eigenvalue weighted by molar-refractivity contribution is -0.143. The molecule has 1 fully saturated rings. The largest absolute Gasteiger partial charge is 0.481 e. The van der Waals surface area contributed by atoms with E-state index in [0.29, 0.717) is 11.3 Å². The van der Waals surface area contributed by atoms with E-state index in [0.717, 1.165) is 12.8 Å². The molecule has 0 heterocycles. The Morgan fingerprint density at radius 1 is 1.50 bits per heavy atom. The van der Waals surface area contributed by atoms with Gasteiger partial charge in [0.05, 0.1) is 5.92 Å². The minimum atomic E-state index is -0.636. The predicted octanol–water partition coefficient (Wildman–Crippen LogP) is 3.04. The van der Waals surface area contributed by atoms with E-state index in [1.165, 1.54) is 12.8 Å². The molecule has 3 heteroatoms. The zero-order valence-corrected chi connectivity index (χ0v) is 10.3. The van der Waals surface area contributed by atoms with Crippen molar-refractivity contribution in [2.75, 3.05) is 0 Å². The van der Waals surface area contributed by atoms with E-state index in [1.54, 1.807) is 0 Å². The van der Waals surface area contributed by atoms with Crippen molar-refractivity contribution < 1.29 is 9.90 Å². The quantitative estimate of drug-likeness (QED) is 0.773. The molecule has 1 rings (SSSR count). The van der Waals surface area contributed by atoms with Gasteiger partial charge in [-0.05, 0) is 30.6 Å². The Hall–Kier alpha value is -0.180. The fraction of sp³-hybridized carbons (Fsp3) is 0.909. The van der Waals surface area contributed by atoms with Crippen molar-refractivity contribution >= 4 is 19.5 Å². The highest BCUT2D eigenvalue weighted by atomic mass is 32.1. The Morgan fingerprint density at radius 2 is 2.07 bits per heavy atom. The van der Waals surface area contributed by atoms with E-state index in [2.05, 4.69) is 13.8 Å². The Balaban J connectivity index is 0.00000169. The summed E-state index contributed by atoms with van der Waals surface area (Å²) in [5.74, 6) is -0.413. The third kappa shape index (κ3) is 3.52. The standard InChI is InChI=1S/C11H20O2.H2S/c1-8(10(12)13)9-5-4-6-11(2,3)7-9;/h8-9H,4-7H2,1-3H3,(H,12,13);1H2/t8-,9?;/m0./s1. The average Bonchev–Trinajstić information content (AvgIpc) is 2.01. The summed E-state index contributed by atoms with van der Waals surface area (Å²) in [5, 5.41) is 8.90. The van der Waals surface area contributed by atoms with Crippen LogP contribution in [0.25, 0.3) is 0 Å². The number of carboxylic acid groups (broad SMARTS) is 1. The third-order valence-electron chi connectivity index (χ3n) is 3.34. The average molecular weight is 218 g/mol. The van der Waals surface area contributed by atoms with E-state index < -0.39 is 5.97 Å². The molecule has 1 aliphatic carbocycles. The normalized spacial score (nSPS) is 27.5. The maximum atomic E-state index is 10.8. The maximum absolute atomic E-state index is 10.8. The SMILES string of the molecule is C[C@H](C(=O)O)C1CCCC(C)(C)C1.S. The van der Waals surface area contributed by atoms with Gasteiger partial charge in [-0.2, -0.15) is 13.5 Å². The van der Waals surface area contributed by atoms with Crippen molar-refractivity contribution in [3.8, 4) is 0 Å². The maximum Gasteiger partial charge on any atom is 0.306 e. The zero-order chi connectivity index (χ0) is 10.1. The van der Waals surface area contributed by atoms with Gasteiger partial charge in [-0.25, -0.2) is 0 Å². The highest BCUT2D eigenvalue weighted by Gasteiger charge is 2.33. The van der Waals surface area contributed by atoms with Crippen LogP contribution >= 0.6 is 13.5 Å². The van der Waals surface area contributed by atoms with E-state index in [9.17, 15) is 4.79 Å². The minimum Gasteiger partial charge on any atom is -0.481 e. The van der Waals surface area contributed by atoms with Crippen molar-refractivity contribution in [3.63, 3.8) is 0 Å². The number of carboxylic acids is 1. The molecule has 2 atom stereocenters. The minimum absolute atomic E-state index is 0. The van der Waals surface area contributed by atoms with Gasteiger partial charge in [-0.15, -0.1) is 0 Å². The van der Waals surface area contributed by atoms with Crippen LogP contribution in [-0.2, 0) is 4.79 Å². The van der Waals surface area contributed by atoms with Gasteiger partial charge in [0.1, 0.15) is 0 Å². The van der Waals surface area contributed by atoms with Crippen LogP contribution in [0.4, 0.5) is 0 Å². The predicted molar refractivity (Wildman–Crippen MR) is 62.9 cm³/mol. The Labute approximate surface area is 93.5 Å². The highest BCUT2D eigenvalue weighted by Crippen LogP contribution is 2.41. The molecule has 0 aliphatic heterocycles. The van der Waals surface area contributed by atoms with E-state index in [1.807, 2.05) is 6.92 Å². The summed E-state index contributed by atoms with van der Waals surface area (Å²) in [6.45, 7) is 6.33. The molecule has 0 bridgehead atoms. The van der Waals surface area contributed by atoms with Gasteiger partial charge in [0.15, 0.2) is 0 Å². The number of hydrogen-bond donors (Lipinski definition) is 1. The van der Waals surface area contributed by atoms with Gasteiger partial charge in [0.2, 0.25) is 0 Å². The molecule has 0 spiro atoms. The molecule has 1 unspecified atom stereocenters.